The van der Waals surface area contributed by atoms with Gasteiger partial charge in [0.2, 0.25) is 5.91 Å². The van der Waals surface area contributed by atoms with Gasteiger partial charge in [-0.25, -0.2) is 4.79 Å². The summed E-state index contributed by atoms with van der Waals surface area (Å²) in [5.74, 6) is 1.89. The van der Waals surface area contributed by atoms with Gasteiger partial charge in [0.25, 0.3) is 0 Å². The van der Waals surface area contributed by atoms with Gasteiger partial charge in [-0.05, 0) is 79.4 Å². The minimum absolute atomic E-state index is 0.0316. The van der Waals surface area contributed by atoms with E-state index in [1.807, 2.05) is 6.92 Å². The number of likely N-dealkylation sites (tertiary alicyclic amines) is 1. The number of cyclic esters (lactones) is 1. The van der Waals surface area contributed by atoms with Crippen LogP contribution in [0.25, 0.3) is 0 Å². The lowest BCUT2D eigenvalue weighted by Crippen LogP contribution is -2.59. The highest BCUT2D eigenvalue weighted by atomic mass is 16.6. The van der Waals surface area contributed by atoms with Crippen LogP contribution >= 0.6 is 0 Å². The summed E-state index contributed by atoms with van der Waals surface area (Å²) in [6, 6.07) is 6.74. The van der Waals surface area contributed by atoms with Crippen molar-refractivity contribution in [3.8, 4) is 5.75 Å². The Morgan fingerprint density at radius 1 is 1.18 bits per heavy atom. The lowest BCUT2D eigenvalue weighted by molar-refractivity contribution is -0.144. The minimum Gasteiger partial charge on any atom is -0.494 e. The highest BCUT2D eigenvalue weighted by Gasteiger charge is 2.54. The fourth-order valence-electron chi connectivity index (χ4n) is 6.46. The van der Waals surface area contributed by atoms with Gasteiger partial charge in [-0.2, -0.15) is 0 Å². The monoisotopic (exact) mass is 454 g/mol. The van der Waals surface area contributed by atoms with Crippen molar-refractivity contribution in [1.82, 2.24) is 10.2 Å². The molecule has 5 rings (SSSR count). The number of nitrogens with one attached hydrogen (secondary N) is 1. The maximum absolute atomic E-state index is 13.0. The third kappa shape index (κ3) is 4.10. The number of rotatable bonds is 4. The first-order valence-electron chi connectivity index (χ1n) is 12.6. The molecule has 2 aliphatic heterocycles. The standard InChI is InChI=1S/C27H38N2O4/c1-5-32-22-7-6-20(25(2,3)4)12-21(22)18-13-26(14-18)8-10-29(11-9-26)23(30)19-15-27(16-19)17-33-24(31)28-27/h6-7,12,18-19H,5,8-11,13-17H2,1-4H3,(H,28,31)/t19-,27+. The zero-order valence-electron chi connectivity index (χ0n) is 20.5. The summed E-state index contributed by atoms with van der Waals surface area (Å²) >= 11 is 0. The van der Waals surface area contributed by atoms with Gasteiger partial charge in [-0.3, -0.25) is 4.79 Å². The van der Waals surface area contributed by atoms with Crippen LogP contribution in [0.4, 0.5) is 4.79 Å². The van der Waals surface area contributed by atoms with Gasteiger partial charge in [0.05, 0.1) is 12.1 Å². The van der Waals surface area contributed by atoms with E-state index >= 15 is 0 Å². The van der Waals surface area contributed by atoms with E-state index in [9.17, 15) is 9.59 Å². The van der Waals surface area contributed by atoms with Crippen molar-refractivity contribution in [3.05, 3.63) is 29.3 Å². The molecule has 6 nitrogen and oxygen atoms in total. The molecule has 1 aromatic rings. The van der Waals surface area contributed by atoms with Gasteiger partial charge in [0.15, 0.2) is 0 Å². The van der Waals surface area contributed by atoms with Crippen molar-refractivity contribution in [2.75, 3.05) is 26.3 Å². The molecule has 1 aromatic carbocycles. The highest BCUT2D eigenvalue weighted by molar-refractivity contribution is 5.81. The van der Waals surface area contributed by atoms with Crippen LogP contribution in [0.3, 0.4) is 0 Å². The van der Waals surface area contributed by atoms with E-state index < -0.39 is 0 Å². The predicted molar refractivity (Wildman–Crippen MR) is 126 cm³/mol. The van der Waals surface area contributed by atoms with Crippen molar-refractivity contribution >= 4 is 12.0 Å². The van der Waals surface area contributed by atoms with E-state index in [2.05, 4.69) is 49.2 Å². The lowest BCUT2D eigenvalue weighted by Gasteiger charge is -2.53. The summed E-state index contributed by atoms with van der Waals surface area (Å²) in [5.41, 5.74) is 2.95. The average Bonchev–Trinajstić information content (AvgIpc) is 3.12. The van der Waals surface area contributed by atoms with Gasteiger partial charge in [-0.1, -0.05) is 32.9 Å². The van der Waals surface area contributed by atoms with Crippen LogP contribution in [0, 0.1) is 11.3 Å². The number of carbonyl (C=O) groups is 2. The Morgan fingerprint density at radius 2 is 1.88 bits per heavy atom. The zero-order valence-corrected chi connectivity index (χ0v) is 20.5. The molecule has 0 atom stereocenters. The molecule has 180 valence electrons. The number of hydrogen-bond donors (Lipinski definition) is 1. The summed E-state index contributed by atoms with van der Waals surface area (Å²) in [6.45, 7) is 11.6. The largest absolute Gasteiger partial charge is 0.494 e. The molecule has 4 aliphatic rings. The summed E-state index contributed by atoms with van der Waals surface area (Å²) in [7, 11) is 0. The zero-order chi connectivity index (χ0) is 23.4. The molecule has 0 radical (unpaired) electrons. The molecule has 2 saturated heterocycles. The Morgan fingerprint density at radius 3 is 2.45 bits per heavy atom. The molecule has 4 fully saturated rings. The van der Waals surface area contributed by atoms with Crippen molar-refractivity contribution < 1.29 is 19.1 Å². The molecule has 6 heteroatoms. The molecule has 0 unspecified atom stereocenters. The van der Waals surface area contributed by atoms with Crippen LogP contribution in [0.15, 0.2) is 18.2 Å². The Kier molecular flexibility index (Phi) is 5.41. The Bertz CT molecular complexity index is 928. The summed E-state index contributed by atoms with van der Waals surface area (Å²) in [4.78, 5) is 26.4. The first-order valence-corrected chi connectivity index (χ1v) is 12.6. The van der Waals surface area contributed by atoms with E-state index in [-0.39, 0.29) is 28.9 Å². The maximum atomic E-state index is 13.0. The quantitative estimate of drug-likeness (QED) is 0.712. The molecule has 2 saturated carbocycles. The van der Waals surface area contributed by atoms with Crippen LogP contribution < -0.4 is 10.1 Å². The topological polar surface area (TPSA) is 67.9 Å². The number of nitrogens with zero attached hydrogens (tertiary/aromatic N) is 1. The third-order valence-corrected chi connectivity index (χ3v) is 8.58. The second-order valence-corrected chi connectivity index (χ2v) is 12.0. The number of carbonyl (C=O) groups excluding carboxylic acids is 2. The number of ether oxygens (including phenoxy) is 2. The minimum atomic E-state index is -0.346. The maximum Gasteiger partial charge on any atom is 0.407 e. The molecular weight excluding hydrogens is 416 g/mol. The van der Waals surface area contributed by atoms with Crippen LogP contribution in [0.1, 0.15) is 83.3 Å². The molecular formula is C27H38N2O4. The van der Waals surface area contributed by atoms with E-state index in [4.69, 9.17) is 9.47 Å². The van der Waals surface area contributed by atoms with E-state index in [1.165, 1.54) is 24.0 Å². The van der Waals surface area contributed by atoms with Crippen LogP contribution in [0.5, 0.6) is 5.75 Å². The predicted octanol–water partition coefficient (Wildman–Crippen LogP) is 4.76. The number of hydrogen-bond acceptors (Lipinski definition) is 4. The molecule has 2 heterocycles. The number of piperidine rings is 1. The number of amides is 2. The second-order valence-electron chi connectivity index (χ2n) is 12.0. The summed E-state index contributed by atoms with van der Waals surface area (Å²) < 4.78 is 11.0. The van der Waals surface area contributed by atoms with Gasteiger partial charge < -0.3 is 19.7 Å². The summed E-state index contributed by atoms with van der Waals surface area (Å²) in [6.07, 6.45) is 5.65. The molecule has 33 heavy (non-hydrogen) atoms. The van der Waals surface area contributed by atoms with Crippen molar-refractivity contribution in [1.29, 1.82) is 0 Å². The van der Waals surface area contributed by atoms with Crippen molar-refractivity contribution in [2.24, 2.45) is 11.3 Å². The smallest absolute Gasteiger partial charge is 0.407 e. The second kappa shape index (κ2) is 7.92. The molecule has 2 aliphatic carbocycles. The summed E-state index contributed by atoms with van der Waals surface area (Å²) in [5, 5.41) is 2.89. The molecule has 2 amide bonds. The Hall–Kier alpha value is -2.24. The highest BCUT2D eigenvalue weighted by Crippen LogP contribution is 2.58. The first kappa shape index (κ1) is 22.5. The first-order chi connectivity index (χ1) is 15.6. The van der Waals surface area contributed by atoms with Crippen LogP contribution in [-0.2, 0) is 14.9 Å². The van der Waals surface area contributed by atoms with Gasteiger partial charge in [-0.15, -0.1) is 0 Å². The normalized spacial score (nSPS) is 25.9. The fourth-order valence-corrected chi connectivity index (χ4v) is 6.46. The van der Waals surface area contributed by atoms with Gasteiger partial charge in [0.1, 0.15) is 12.4 Å². The Balaban J connectivity index is 1.17. The number of alkyl carbamates (subject to hydrolysis) is 1. The van der Waals surface area contributed by atoms with Gasteiger partial charge in [0, 0.05) is 19.0 Å². The van der Waals surface area contributed by atoms with Crippen molar-refractivity contribution in [2.45, 2.75) is 83.1 Å². The van der Waals surface area contributed by atoms with Crippen LogP contribution in [0.2, 0.25) is 0 Å². The lowest BCUT2D eigenvalue weighted by atomic mass is 9.55. The average molecular weight is 455 g/mol. The van der Waals surface area contributed by atoms with E-state index in [1.54, 1.807) is 0 Å². The van der Waals surface area contributed by atoms with Crippen molar-refractivity contribution in [3.63, 3.8) is 0 Å². The molecule has 0 bridgehead atoms. The third-order valence-electron chi connectivity index (χ3n) is 8.58. The fraction of sp³-hybridized carbons (Fsp3) is 0.704. The molecule has 1 N–H and O–H groups in total. The van der Waals surface area contributed by atoms with Gasteiger partial charge >= 0.3 is 6.09 Å². The van der Waals surface area contributed by atoms with E-state index in [0.29, 0.717) is 37.4 Å². The van der Waals surface area contributed by atoms with Crippen LogP contribution in [-0.4, -0.2) is 48.7 Å². The molecule has 2 spiro atoms. The molecule has 0 aromatic heterocycles. The Labute approximate surface area is 197 Å². The van der Waals surface area contributed by atoms with E-state index in [0.717, 1.165) is 31.7 Å². The number of benzene rings is 1. The SMILES string of the molecule is CCOc1ccc(C(C)(C)C)cc1C1CC2(CCN(C(=O)[C@H]3C[C@]4(COC(=O)N4)C3)CC2)C1.